The van der Waals surface area contributed by atoms with Crippen LogP contribution in [0.1, 0.15) is 40.0 Å². The number of primary amides is 1. The molecule has 0 saturated heterocycles. The SMILES string of the molecule is CCCCC(O)C(C)(C)C(N)=O. The number of aliphatic hydroxyl groups excluding tert-OH is 1. The van der Waals surface area contributed by atoms with E-state index in [9.17, 15) is 9.90 Å². The van der Waals surface area contributed by atoms with E-state index in [1.54, 1.807) is 13.8 Å². The molecule has 1 atom stereocenters. The highest BCUT2D eigenvalue weighted by Gasteiger charge is 2.32. The molecule has 3 heteroatoms. The quantitative estimate of drug-likeness (QED) is 0.652. The topological polar surface area (TPSA) is 63.3 Å². The minimum atomic E-state index is -0.796. The number of hydrogen-bond acceptors (Lipinski definition) is 2. The lowest BCUT2D eigenvalue weighted by molar-refractivity contribution is -0.132. The van der Waals surface area contributed by atoms with Crippen LogP contribution in [0.25, 0.3) is 0 Å². The third kappa shape index (κ3) is 2.81. The minimum absolute atomic E-state index is 0.439. The van der Waals surface area contributed by atoms with Gasteiger partial charge >= 0.3 is 0 Å². The van der Waals surface area contributed by atoms with Crippen molar-refractivity contribution in [2.24, 2.45) is 11.1 Å². The Morgan fingerprint density at radius 3 is 2.42 bits per heavy atom. The Morgan fingerprint density at radius 1 is 1.58 bits per heavy atom. The Hall–Kier alpha value is -0.570. The average Bonchev–Trinajstić information content (AvgIpc) is 1.99. The molecule has 0 spiro atoms. The number of hydrogen-bond donors (Lipinski definition) is 2. The fraction of sp³-hybridized carbons (Fsp3) is 0.889. The van der Waals surface area contributed by atoms with Gasteiger partial charge in [0.2, 0.25) is 5.91 Å². The summed E-state index contributed by atoms with van der Waals surface area (Å²) in [5, 5.41) is 9.58. The van der Waals surface area contributed by atoms with Crippen LogP contribution in [0.5, 0.6) is 0 Å². The second kappa shape index (κ2) is 4.45. The second-order valence-corrected chi connectivity index (χ2v) is 3.74. The Labute approximate surface area is 74.0 Å². The zero-order chi connectivity index (χ0) is 9.78. The standard InChI is InChI=1S/C9H19NO2/c1-4-5-6-7(11)9(2,3)8(10)12/h7,11H,4-6H2,1-3H3,(H2,10,12). The van der Waals surface area contributed by atoms with Crippen LogP contribution in [-0.2, 0) is 4.79 Å². The molecule has 12 heavy (non-hydrogen) atoms. The molecular formula is C9H19NO2. The van der Waals surface area contributed by atoms with Crippen LogP contribution >= 0.6 is 0 Å². The van der Waals surface area contributed by atoms with E-state index in [2.05, 4.69) is 0 Å². The lowest BCUT2D eigenvalue weighted by Crippen LogP contribution is -2.41. The number of carbonyl (C=O) groups excluding carboxylic acids is 1. The molecule has 0 aromatic rings. The van der Waals surface area contributed by atoms with Crippen LogP contribution in [0.2, 0.25) is 0 Å². The minimum Gasteiger partial charge on any atom is -0.392 e. The molecule has 0 heterocycles. The first kappa shape index (κ1) is 11.4. The average molecular weight is 173 g/mol. The molecule has 1 amide bonds. The van der Waals surface area contributed by atoms with Gasteiger partial charge in [-0.05, 0) is 20.3 Å². The molecule has 3 nitrogen and oxygen atoms in total. The van der Waals surface area contributed by atoms with E-state index < -0.39 is 17.4 Å². The maximum Gasteiger partial charge on any atom is 0.225 e. The molecule has 0 aliphatic rings. The third-order valence-electron chi connectivity index (χ3n) is 2.30. The smallest absolute Gasteiger partial charge is 0.225 e. The highest BCUT2D eigenvalue weighted by atomic mass is 16.3. The van der Waals surface area contributed by atoms with Crippen LogP contribution in [-0.4, -0.2) is 17.1 Å². The first-order valence-electron chi connectivity index (χ1n) is 4.41. The van der Waals surface area contributed by atoms with E-state index in [-0.39, 0.29) is 0 Å². The monoisotopic (exact) mass is 173 g/mol. The normalized spacial score (nSPS) is 14.3. The van der Waals surface area contributed by atoms with Crippen molar-refractivity contribution < 1.29 is 9.90 Å². The van der Waals surface area contributed by atoms with Crippen molar-refractivity contribution in [2.45, 2.75) is 46.1 Å². The molecule has 0 aromatic carbocycles. The molecule has 0 saturated carbocycles. The number of aliphatic hydroxyl groups is 1. The molecule has 3 N–H and O–H groups in total. The second-order valence-electron chi connectivity index (χ2n) is 3.74. The van der Waals surface area contributed by atoms with Gasteiger partial charge in [0, 0.05) is 0 Å². The van der Waals surface area contributed by atoms with Crippen LogP contribution in [0.3, 0.4) is 0 Å². The van der Waals surface area contributed by atoms with Gasteiger partial charge < -0.3 is 10.8 Å². The molecule has 0 aliphatic heterocycles. The van der Waals surface area contributed by atoms with E-state index in [0.29, 0.717) is 6.42 Å². The summed E-state index contributed by atoms with van der Waals surface area (Å²) in [7, 11) is 0. The number of nitrogens with two attached hydrogens (primary N) is 1. The van der Waals surface area contributed by atoms with E-state index in [1.807, 2.05) is 6.92 Å². The number of rotatable bonds is 5. The van der Waals surface area contributed by atoms with Crippen LogP contribution in [0.15, 0.2) is 0 Å². The van der Waals surface area contributed by atoms with Crippen molar-refractivity contribution in [1.29, 1.82) is 0 Å². The Morgan fingerprint density at radius 2 is 2.08 bits per heavy atom. The van der Waals surface area contributed by atoms with Crippen molar-refractivity contribution in [1.82, 2.24) is 0 Å². The number of unbranched alkanes of at least 4 members (excludes halogenated alkanes) is 1. The summed E-state index contributed by atoms with van der Waals surface area (Å²) in [4.78, 5) is 10.9. The molecule has 0 bridgehead atoms. The Bertz CT molecular complexity index is 155. The van der Waals surface area contributed by atoms with Crippen molar-refractivity contribution in [2.75, 3.05) is 0 Å². The maximum absolute atomic E-state index is 10.9. The number of carbonyl (C=O) groups is 1. The van der Waals surface area contributed by atoms with Gasteiger partial charge in [-0.3, -0.25) is 4.79 Å². The fourth-order valence-electron chi connectivity index (χ4n) is 0.923. The molecule has 0 fully saturated rings. The highest BCUT2D eigenvalue weighted by Crippen LogP contribution is 2.23. The van der Waals surface area contributed by atoms with E-state index in [1.165, 1.54) is 0 Å². The Balaban J connectivity index is 4.06. The molecule has 0 aliphatic carbocycles. The maximum atomic E-state index is 10.9. The zero-order valence-corrected chi connectivity index (χ0v) is 8.13. The number of amides is 1. The Kier molecular flexibility index (Phi) is 4.24. The summed E-state index contributed by atoms with van der Waals surface area (Å²) in [6, 6.07) is 0. The van der Waals surface area contributed by atoms with Gasteiger partial charge in [0.1, 0.15) is 0 Å². The van der Waals surface area contributed by atoms with Gasteiger partial charge in [-0.2, -0.15) is 0 Å². The largest absolute Gasteiger partial charge is 0.392 e. The van der Waals surface area contributed by atoms with Crippen molar-refractivity contribution in [3.63, 3.8) is 0 Å². The molecule has 0 aromatic heterocycles. The summed E-state index contributed by atoms with van der Waals surface area (Å²) in [5.41, 5.74) is 4.35. The summed E-state index contributed by atoms with van der Waals surface area (Å²) in [6.45, 7) is 5.40. The van der Waals surface area contributed by atoms with E-state index in [4.69, 9.17) is 5.73 Å². The van der Waals surface area contributed by atoms with E-state index >= 15 is 0 Å². The van der Waals surface area contributed by atoms with Crippen LogP contribution in [0.4, 0.5) is 0 Å². The van der Waals surface area contributed by atoms with Gasteiger partial charge in [0.05, 0.1) is 11.5 Å². The van der Waals surface area contributed by atoms with Crippen molar-refractivity contribution >= 4 is 5.91 Å². The van der Waals surface area contributed by atoms with Crippen LogP contribution < -0.4 is 5.73 Å². The van der Waals surface area contributed by atoms with Gasteiger partial charge in [0.25, 0.3) is 0 Å². The molecule has 1 unspecified atom stereocenters. The predicted octanol–water partition coefficient (Wildman–Crippen LogP) is 1.05. The summed E-state index contributed by atoms with van der Waals surface area (Å²) in [5.74, 6) is -0.439. The summed E-state index contributed by atoms with van der Waals surface area (Å²) in [6.07, 6.45) is 1.98. The van der Waals surface area contributed by atoms with Gasteiger partial charge in [0.15, 0.2) is 0 Å². The first-order chi connectivity index (χ1) is 5.42. The van der Waals surface area contributed by atoms with E-state index in [0.717, 1.165) is 12.8 Å². The predicted molar refractivity (Wildman–Crippen MR) is 48.5 cm³/mol. The van der Waals surface area contributed by atoms with Gasteiger partial charge in [-0.15, -0.1) is 0 Å². The molecule has 0 rings (SSSR count). The molecule has 72 valence electrons. The third-order valence-corrected chi connectivity index (χ3v) is 2.30. The summed E-state index contributed by atoms with van der Waals surface area (Å²) < 4.78 is 0. The lowest BCUT2D eigenvalue weighted by atomic mass is 9.83. The molecular weight excluding hydrogens is 154 g/mol. The first-order valence-corrected chi connectivity index (χ1v) is 4.41. The van der Waals surface area contributed by atoms with Crippen molar-refractivity contribution in [3.05, 3.63) is 0 Å². The fourth-order valence-corrected chi connectivity index (χ4v) is 0.923. The molecule has 0 radical (unpaired) electrons. The summed E-state index contributed by atoms with van der Waals surface area (Å²) >= 11 is 0. The van der Waals surface area contributed by atoms with Gasteiger partial charge in [-0.25, -0.2) is 0 Å². The van der Waals surface area contributed by atoms with Crippen LogP contribution in [0, 0.1) is 5.41 Å². The van der Waals surface area contributed by atoms with Gasteiger partial charge in [-0.1, -0.05) is 19.8 Å². The lowest BCUT2D eigenvalue weighted by Gasteiger charge is -2.26. The zero-order valence-electron chi connectivity index (χ0n) is 8.13. The highest BCUT2D eigenvalue weighted by molar-refractivity contribution is 5.80. The van der Waals surface area contributed by atoms with Crippen molar-refractivity contribution in [3.8, 4) is 0 Å².